The molecule has 0 fully saturated rings. The molecule has 0 heterocycles. The predicted molar refractivity (Wildman–Crippen MR) is 76.3 cm³/mol. The molecular weight excluding hydrogens is 331 g/mol. The third-order valence-electron chi connectivity index (χ3n) is 2.15. The highest BCUT2D eigenvalue weighted by atomic mass is 127. The first-order chi connectivity index (χ1) is 8.27. The lowest BCUT2D eigenvalue weighted by Crippen LogP contribution is -2.20. The SMILES string of the molecule is CCOC(CCOc1ccccc1I)OCC. The Morgan fingerprint density at radius 3 is 2.35 bits per heavy atom. The number of halogens is 1. The topological polar surface area (TPSA) is 27.7 Å². The molecule has 1 rings (SSSR count). The van der Waals surface area contributed by atoms with Crippen LogP contribution in [-0.2, 0) is 9.47 Å². The van der Waals surface area contributed by atoms with Gasteiger partial charge in [0, 0.05) is 19.6 Å². The molecule has 17 heavy (non-hydrogen) atoms. The lowest BCUT2D eigenvalue weighted by atomic mass is 10.3. The number of para-hydroxylation sites is 1. The van der Waals surface area contributed by atoms with Gasteiger partial charge < -0.3 is 14.2 Å². The highest BCUT2D eigenvalue weighted by Gasteiger charge is 2.08. The summed E-state index contributed by atoms with van der Waals surface area (Å²) in [4.78, 5) is 0. The summed E-state index contributed by atoms with van der Waals surface area (Å²) in [5.74, 6) is 0.917. The van der Waals surface area contributed by atoms with Gasteiger partial charge in [0.1, 0.15) is 5.75 Å². The highest BCUT2D eigenvalue weighted by molar-refractivity contribution is 14.1. The largest absolute Gasteiger partial charge is 0.492 e. The van der Waals surface area contributed by atoms with Gasteiger partial charge in [0.2, 0.25) is 0 Å². The van der Waals surface area contributed by atoms with Crippen molar-refractivity contribution in [2.75, 3.05) is 19.8 Å². The van der Waals surface area contributed by atoms with Crippen LogP contribution in [0, 0.1) is 3.57 Å². The van der Waals surface area contributed by atoms with Crippen LogP contribution in [0.25, 0.3) is 0 Å². The Bertz CT molecular complexity index is 311. The number of hydrogen-bond acceptors (Lipinski definition) is 3. The van der Waals surface area contributed by atoms with Crippen molar-refractivity contribution in [1.29, 1.82) is 0 Å². The Kier molecular flexibility index (Phi) is 7.55. The van der Waals surface area contributed by atoms with Crippen molar-refractivity contribution in [3.8, 4) is 5.75 Å². The third-order valence-corrected chi connectivity index (χ3v) is 3.04. The molecule has 0 aromatic heterocycles. The van der Waals surface area contributed by atoms with E-state index >= 15 is 0 Å². The molecule has 4 heteroatoms. The fourth-order valence-electron chi connectivity index (χ4n) is 1.41. The molecule has 0 saturated heterocycles. The van der Waals surface area contributed by atoms with Gasteiger partial charge in [-0.3, -0.25) is 0 Å². The smallest absolute Gasteiger partial charge is 0.160 e. The van der Waals surface area contributed by atoms with E-state index in [1.54, 1.807) is 0 Å². The van der Waals surface area contributed by atoms with Crippen LogP contribution in [-0.4, -0.2) is 26.1 Å². The molecule has 0 saturated carbocycles. The second kappa shape index (κ2) is 8.72. The quantitative estimate of drug-likeness (QED) is 0.531. The fraction of sp³-hybridized carbons (Fsp3) is 0.538. The molecule has 0 amide bonds. The van der Waals surface area contributed by atoms with Crippen LogP contribution in [0.5, 0.6) is 5.75 Å². The zero-order valence-corrected chi connectivity index (χ0v) is 12.5. The average molecular weight is 350 g/mol. The van der Waals surface area contributed by atoms with E-state index in [1.165, 1.54) is 0 Å². The van der Waals surface area contributed by atoms with Crippen LogP contribution in [0.2, 0.25) is 0 Å². The molecule has 0 aliphatic rings. The Hall–Kier alpha value is -0.330. The molecule has 1 aromatic rings. The first-order valence-corrected chi connectivity index (χ1v) is 6.96. The van der Waals surface area contributed by atoms with E-state index in [9.17, 15) is 0 Å². The average Bonchev–Trinajstić information content (AvgIpc) is 2.32. The molecule has 1 aromatic carbocycles. The molecule has 0 radical (unpaired) electrons. The summed E-state index contributed by atoms with van der Waals surface area (Å²) in [5.41, 5.74) is 0. The molecule has 96 valence electrons. The van der Waals surface area contributed by atoms with Gasteiger partial charge in [0.05, 0.1) is 10.2 Å². The standard InChI is InChI=1S/C13H19IO3/c1-3-15-13(16-4-2)9-10-17-12-8-6-5-7-11(12)14/h5-8,13H,3-4,9-10H2,1-2H3. The summed E-state index contributed by atoms with van der Waals surface area (Å²) in [6.07, 6.45) is 0.582. The normalized spacial score (nSPS) is 10.8. The van der Waals surface area contributed by atoms with Crippen molar-refractivity contribution in [1.82, 2.24) is 0 Å². The maximum absolute atomic E-state index is 5.69. The van der Waals surface area contributed by atoms with Gasteiger partial charge in [0.25, 0.3) is 0 Å². The Morgan fingerprint density at radius 2 is 1.76 bits per heavy atom. The van der Waals surface area contributed by atoms with E-state index < -0.39 is 0 Å². The van der Waals surface area contributed by atoms with Crippen molar-refractivity contribution in [2.45, 2.75) is 26.6 Å². The zero-order chi connectivity index (χ0) is 12.5. The minimum absolute atomic E-state index is 0.161. The highest BCUT2D eigenvalue weighted by Crippen LogP contribution is 2.19. The summed E-state index contributed by atoms with van der Waals surface area (Å²) >= 11 is 2.26. The van der Waals surface area contributed by atoms with Crippen LogP contribution in [0.4, 0.5) is 0 Å². The van der Waals surface area contributed by atoms with Gasteiger partial charge in [-0.15, -0.1) is 0 Å². The maximum atomic E-state index is 5.69. The monoisotopic (exact) mass is 350 g/mol. The minimum Gasteiger partial charge on any atom is -0.492 e. The fourth-order valence-corrected chi connectivity index (χ4v) is 1.96. The van der Waals surface area contributed by atoms with Gasteiger partial charge in [-0.05, 0) is 48.6 Å². The van der Waals surface area contributed by atoms with Gasteiger partial charge in [0.15, 0.2) is 6.29 Å². The van der Waals surface area contributed by atoms with E-state index in [-0.39, 0.29) is 6.29 Å². The molecule has 0 atom stereocenters. The molecule has 3 nitrogen and oxygen atoms in total. The molecular formula is C13H19IO3. The molecule has 0 aliphatic carbocycles. The van der Waals surface area contributed by atoms with E-state index in [1.807, 2.05) is 38.1 Å². The van der Waals surface area contributed by atoms with Crippen molar-refractivity contribution >= 4 is 22.6 Å². The van der Waals surface area contributed by atoms with Crippen LogP contribution >= 0.6 is 22.6 Å². The van der Waals surface area contributed by atoms with Crippen molar-refractivity contribution in [3.05, 3.63) is 27.8 Å². The Labute approximate surface area is 117 Å². The summed E-state index contributed by atoms with van der Waals surface area (Å²) < 4.78 is 17.7. The van der Waals surface area contributed by atoms with Gasteiger partial charge >= 0.3 is 0 Å². The van der Waals surface area contributed by atoms with E-state index in [0.717, 1.165) is 15.7 Å². The van der Waals surface area contributed by atoms with Gasteiger partial charge in [-0.1, -0.05) is 12.1 Å². The first-order valence-electron chi connectivity index (χ1n) is 5.88. The lowest BCUT2D eigenvalue weighted by molar-refractivity contribution is -0.142. The number of hydrogen-bond donors (Lipinski definition) is 0. The molecule has 0 aliphatic heterocycles. The summed E-state index contributed by atoms with van der Waals surface area (Å²) in [5, 5.41) is 0. The van der Waals surface area contributed by atoms with Crippen LogP contribution in [0.3, 0.4) is 0 Å². The first kappa shape index (κ1) is 14.7. The van der Waals surface area contributed by atoms with Crippen molar-refractivity contribution < 1.29 is 14.2 Å². The minimum atomic E-state index is -0.161. The van der Waals surface area contributed by atoms with Crippen LogP contribution in [0.1, 0.15) is 20.3 Å². The number of rotatable bonds is 8. The Morgan fingerprint density at radius 1 is 1.12 bits per heavy atom. The van der Waals surface area contributed by atoms with Crippen LogP contribution in [0.15, 0.2) is 24.3 Å². The second-order valence-corrected chi connectivity index (χ2v) is 4.57. The molecule has 0 bridgehead atoms. The predicted octanol–water partition coefficient (Wildman–Crippen LogP) is 3.46. The summed E-state index contributed by atoms with van der Waals surface area (Å²) in [6.45, 7) is 5.85. The number of benzene rings is 1. The van der Waals surface area contributed by atoms with Gasteiger partial charge in [-0.2, -0.15) is 0 Å². The zero-order valence-electron chi connectivity index (χ0n) is 10.3. The van der Waals surface area contributed by atoms with E-state index in [2.05, 4.69) is 22.6 Å². The summed E-state index contributed by atoms with van der Waals surface area (Å²) in [6, 6.07) is 7.97. The Balaban J connectivity index is 2.33. The summed E-state index contributed by atoms with van der Waals surface area (Å²) in [7, 11) is 0. The maximum Gasteiger partial charge on any atom is 0.160 e. The van der Waals surface area contributed by atoms with Crippen molar-refractivity contribution in [2.24, 2.45) is 0 Å². The third kappa shape index (κ3) is 5.70. The second-order valence-electron chi connectivity index (χ2n) is 3.41. The number of ether oxygens (including phenoxy) is 3. The van der Waals surface area contributed by atoms with Crippen LogP contribution < -0.4 is 4.74 Å². The molecule has 0 N–H and O–H groups in total. The molecule has 0 unspecified atom stereocenters. The lowest BCUT2D eigenvalue weighted by Gasteiger charge is -2.17. The molecule has 0 spiro atoms. The van der Waals surface area contributed by atoms with Gasteiger partial charge in [-0.25, -0.2) is 0 Å². The van der Waals surface area contributed by atoms with Crippen molar-refractivity contribution in [3.63, 3.8) is 0 Å². The van der Waals surface area contributed by atoms with E-state index in [4.69, 9.17) is 14.2 Å². The van der Waals surface area contributed by atoms with E-state index in [0.29, 0.717) is 19.8 Å².